The molecule has 0 spiro atoms. The molecular formula is C38H24O. The van der Waals surface area contributed by atoms with Crippen molar-refractivity contribution in [3.63, 3.8) is 0 Å². The van der Waals surface area contributed by atoms with E-state index in [4.69, 9.17) is 18.1 Å². The van der Waals surface area contributed by atoms with Gasteiger partial charge in [0.25, 0.3) is 0 Å². The van der Waals surface area contributed by atoms with Crippen LogP contribution >= 0.6 is 0 Å². The molecule has 0 saturated carbocycles. The summed E-state index contributed by atoms with van der Waals surface area (Å²) in [5.74, 6) is 0.236. The first kappa shape index (κ1) is 11.7. The van der Waals surface area contributed by atoms with E-state index in [9.17, 15) is 6.85 Å². The van der Waals surface area contributed by atoms with Crippen LogP contribution in [-0.2, 0) is 0 Å². The van der Waals surface area contributed by atoms with Crippen molar-refractivity contribution >= 4 is 43.3 Å². The Morgan fingerprint density at radius 1 is 0.436 bits per heavy atom. The highest BCUT2D eigenvalue weighted by atomic mass is 16.3. The molecule has 0 atom stereocenters. The summed E-state index contributed by atoms with van der Waals surface area (Å²) in [5.41, 5.74) is 0.344. The van der Waals surface area contributed by atoms with Gasteiger partial charge in [-0.25, -0.2) is 0 Å². The van der Waals surface area contributed by atoms with Gasteiger partial charge in [0.05, 0.1) is 20.6 Å². The minimum absolute atomic E-state index is 0.0208. The second-order valence-corrected chi connectivity index (χ2v) is 8.92. The smallest absolute Gasteiger partial charge is 0.143 e. The molecule has 7 aromatic carbocycles. The van der Waals surface area contributed by atoms with Crippen molar-refractivity contribution in [3.05, 3.63) is 145 Å². The number of fused-ring (bicyclic) bond motifs is 4. The highest BCUT2D eigenvalue weighted by Crippen LogP contribution is 2.49. The number of para-hydroxylation sites is 1. The summed E-state index contributed by atoms with van der Waals surface area (Å²) >= 11 is 0. The summed E-state index contributed by atoms with van der Waals surface area (Å²) in [7, 11) is 0. The molecule has 39 heavy (non-hydrogen) atoms. The van der Waals surface area contributed by atoms with Crippen molar-refractivity contribution in [2.24, 2.45) is 0 Å². The van der Waals surface area contributed by atoms with E-state index in [1.54, 1.807) is 54.6 Å². The molecule has 0 bridgehead atoms. The molecule has 8 aromatic rings. The fourth-order valence-electron chi connectivity index (χ4n) is 5.21. The topological polar surface area (TPSA) is 13.1 Å². The maximum atomic E-state index is 9.39. The predicted molar refractivity (Wildman–Crippen MR) is 165 cm³/mol. The molecule has 0 aliphatic rings. The van der Waals surface area contributed by atoms with Crippen LogP contribution in [0.4, 0.5) is 0 Å². The van der Waals surface area contributed by atoms with Gasteiger partial charge in [-0.05, 0) is 49.5 Å². The van der Waals surface area contributed by atoms with E-state index in [0.717, 1.165) is 0 Å². The highest BCUT2D eigenvalue weighted by Gasteiger charge is 2.24. The van der Waals surface area contributed by atoms with E-state index in [0.29, 0.717) is 16.5 Å². The van der Waals surface area contributed by atoms with Crippen LogP contribution in [0.5, 0.6) is 0 Å². The summed E-state index contributed by atoms with van der Waals surface area (Å²) in [6.07, 6.45) is 0. The second-order valence-electron chi connectivity index (χ2n) is 8.92. The lowest BCUT2D eigenvalue weighted by Gasteiger charge is -2.19. The third-order valence-corrected chi connectivity index (χ3v) is 6.82. The Hall–Kier alpha value is -5.14. The molecule has 8 rings (SSSR count). The van der Waals surface area contributed by atoms with Crippen LogP contribution < -0.4 is 0 Å². The Morgan fingerprint density at radius 2 is 1.00 bits per heavy atom. The SMILES string of the molecule is [2H]c1c([2H])c([2H])c2c(-c3c4c([2H])c([2H])c([2H])c([2H])c4c(-c4c(-c5ccccc5)oc5ccccc45)c4c([2H])c([2H])c([2H])c([2H])c34)c([2H])c([2H])c([2H])c2c1[2H]. The van der Waals surface area contributed by atoms with Crippen molar-refractivity contribution in [1.82, 2.24) is 0 Å². The Morgan fingerprint density at radius 3 is 1.72 bits per heavy atom. The monoisotopic (exact) mass is 511 g/mol. The Bertz CT molecular complexity index is 2900. The molecule has 0 amide bonds. The maximum absolute atomic E-state index is 9.39. The van der Waals surface area contributed by atoms with E-state index >= 15 is 0 Å². The zero-order chi connectivity index (χ0) is 38.8. The molecule has 0 fully saturated rings. The molecule has 0 unspecified atom stereocenters. The van der Waals surface area contributed by atoms with Crippen molar-refractivity contribution < 1.29 is 25.0 Å². The summed E-state index contributed by atoms with van der Waals surface area (Å²) < 4.78 is 140. The zero-order valence-electron chi connectivity index (χ0n) is 35.1. The van der Waals surface area contributed by atoms with Gasteiger partial charge in [-0.2, -0.15) is 0 Å². The van der Waals surface area contributed by atoms with E-state index in [1.165, 1.54) is 0 Å². The number of rotatable bonds is 3. The molecule has 0 aliphatic heterocycles. The van der Waals surface area contributed by atoms with Gasteiger partial charge in [0, 0.05) is 22.1 Å². The summed E-state index contributed by atoms with van der Waals surface area (Å²) in [6.45, 7) is 0. The van der Waals surface area contributed by atoms with E-state index in [1.807, 2.05) is 0 Å². The highest BCUT2D eigenvalue weighted by molar-refractivity contribution is 6.26. The molecule has 0 aliphatic carbocycles. The van der Waals surface area contributed by atoms with Crippen LogP contribution in [-0.4, -0.2) is 0 Å². The first-order valence-corrected chi connectivity index (χ1v) is 12.1. The van der Waals surface area contributed by atoms with Gasteiger partial charge in [-0.1, -0.05) is 139 Å². The van der Waals surface area contributed by atoms with Crippen LogP contribution in [0, 0.1) is 0 Å². The van der Waals surface area contributed by atoms with Gasteiger partial charge < -0.3 is 4.42 Å². The molecule has 1 heterocycles. The molecule has 0 N–H and O–H groups in total. The fraction of sp³-hybridized carbons (Fsp3) is 0. The van der Waals surface area contributed by atoms with Gasteiger partial charge in [0.1, 0.15) is 11.3 Å². The molecule has 0 saturated heterocycles. The number of benzene rings is 7. The average molecular weight is 512 g/mol. The molecule has 182 valence electrons. The first-order valence-electron chi connectivity index (χ1n) is 19.6. The van der Waals surface area contributed by atoms with Gasteiger partial charge in [-0.3, -0.25) is 0 Å². The van der Waals surface area contributed by atoms with E-state index < -0.39 is 107 Å². The quantitative estimate of drug-likeness (QED) is 0.215. The lowest BCUT2D eigenvalue weighted by Crippen LogP contribution is -1.92. The Kier molecular flexibility index (Phi) is 2.62. The third kappa shape index (κ3) is 3.34. The molecule has 0 radical (unpaired) electrons. The maximum Gasteiger partial charge on any atom is 0.143 e. The van der Waals surface area contributed by atoms with Gasteiger partial charge in [0.2, 0.25) is 0 Å². The van der Waals surface area contributed by atoms with E-state index in [-0.39, 0.29) is 44.0 Å². The number of furan rings is 1. The standard InChI is InChI=1S/C38H24O/c1-2-14-26(15-3-1)38-37(33-22-10-11-24-34(33)39-38)36-31-20-8-6-18-29(31)35(30-19-7-9-21-32(30)36)28-23-12-16-25-13-4-5-17-27(25)28/h1-24H/i4D,5D,6D,7D,8D,9D,12D,13D,16D,17D,18D,19D,20D,21D,23D. The fourth-order valence-corrected chi connectivity index (χ4v) is 5.21. The first-order chi connectivity index (χ1) is 25.6. The minimum Gasteiger partial charge on any atom is -0.455 e. The molecule has 1 nitrogen and oxygen atoms in total. The van der Waals surface area contributed by atoms with Crippen molar-refractivity contribution in [2.45, 2.75) is 0 Å². The molecule has 1 aromatic heterocycles. The van der Waals surface area contributed by atoms with Gasteiger partial charge in [-0.15, -0.1) is 0 Å². The van der Waals surface area contributed by atoms with Crippen molar-refractivity contribution in [3.8, 4) is 33.6 Å². The molecule has 1 heteroatoms. The van der Waals surface area contributed by atoms with Crippen LogP contribution in [0.15, 0.2) is 150 Å². The third-order valence-electron chi connectivity index (χ3n) is 6.82. The second kappa shape index (κ2) is 8.72. The van der Waals surface area contributed by atoms with Crippen LogP contribution in [0.1, 0.15) is 20.6 Å². The summed E-state index contributed by atoms with van der Waals surface area (Å²) in [5, 5.41) is -1.47. The number of hydrogen-bond donors (Lipinski definition) is 0. The van der Waals surface area contributed by atoms with E-state index in [2.05, 4.69) is 0 Å². The van der Waals surface area contributed by atoms with Crippen molar-refractivity contribution in [2.75, 3.05) is 0 Å². The lowest BCUT2D eigenvalue weighted by atomic mass is 9.83. The van der Waals surface area contributed by atoms with Crippen molar-refractivity contribution in [1.29, 1.82) is 0 Å². The van der Waals surface area contributed by atoms with Crippen LogP contribution in [0.3, 0.4) is 0 Å². The Labute approximate surface area is 247 Å². The van der Waals surface area contributed by atoms with Gasteiger partial charge >= 0.3 is 0 Å². The minimum atomic E-state index is -0.762. The van der Waals surface area contributed by atoms with Gasteiger partial charge in [0.15, 0.2) is 0 Å². The zero-order valence-corrected chi connectivity index (χ0v) is 20.1. The van der Waals surface area contributed by atoms with Crippen LogP contribution in [0.25, 0.3) is 76.9 Å². The Balaban J connectivity index is 1.80. The average Bonchev–Trinajstić information content (AvgIpc) is 3.56. The predicted octanol–water partition coefficient (Wildman–Crippen LogP) is 10.9. The molecular weight excluding hydrogens is 472 g/mol. The van der Waals surface area contributed by atoms with Crippen LogP contribution in [0.2, 0.25) is 0 Å². The normalized spacial score (nSPS) is 17.0. The number of hydrogen-bond acceptors (Lipinski definition) is 1. The largest absolute Gasteiger partial charge is 0.455 e. The summed E-state index contributed by atoms with van der Waals surface area (Å²) in [6, 6.07) is 5.37. The summed E-state index contributed by atoms with van der Waals surface area (Å²) in [4.78, 5) is 0. The lowest BCUT2D eigenvalue weighted by molar-refractivity contribution is 0.632.